The molecule has 0 saturated heterocycles. The summed E-state index contributed by atoms with van der Waals surface area (Å²) in [6, 6.07) is 8.56. The number of urea groups is 1. The van der Waals surface area contributed by atoms with Gasteiger partial charge in [0.05, 0.1) is 12.8 Å². The van der Waals surface area contributed by atoms with Crippen molar-refractivity contribution in [2.45, 2.75) is 36.4 Å². The number of hydrogen-bond donors (Lipinski definition) is 2. The summed E-state index contributed by atoms with van der Waals surface area (Å²) in [5.41, 5.74) is 5.46. The first-order valence-electron chi connectivity index (χ1n) is 11.1. The number of likely N-dealkylation sites (N-methyl/N-ethyl adjacent to an activating group) is 1. The summed E-state index contributed by atoms with van der Waals surface area (Å²) in [4.78, 5) is 20.3. The van der Waals surface area contributed by atoms with Crippen LogP contribution in [0.15, 0.2) is 40.7 Å². The number of thiophene rings is 1. The number of anilines is 1. The number of carbonyl (C=O) groups excluding carboxylic acids is 1. The van der Waals surface area contributed by atoms with Gasteiger partial charge in [-0.1, -0.05) is 12.1 Å². The van der Waals surface area contributed by atoms with E-state index < -0.39 is 16.1 Å². The van der Waals surface area contributed by atoms with Crippen molar-refractivity contribution < 1.29 is 17.9 Å². The van der Waals surface area contributed by atoms with Crippen LogP contribution in [0.2, 0.25) is 0 Å². The van der Waals surface area contributed by atoms with E-state index >= 15 is 0 Å². The van der Waals surface area contributed by atoms with Gasteiger partial charge in [-0.3, -0.25) is 0 Å². The second kappa shape index (κ2) is 10.6. The number of benzene rings is 1. The van der Waals surface area contributed by atoms with Crippen LogP contribution in [0.5, 0.6) is 5.88 Å². The van der Waals surface area contributed by atoms with Gasteiger partial charge in [-0.2, -0.15) is 0 Å². The fourth-order valence-electron chi connectivity index (χ4n) is 4.63. The number of methoxy groups -OCH3 is 1. The van der Waals surface area contributed by atoms with E-state index in [9.17, 15) is 13.2 Å². The van der Waals surface area contributed by atoms with Gasteiger partial charge in [0.25, 0.3) is 10.0 Å². The van der Waals surface area contributed by atoms with Crippen molar-refractivity contribution in [1.29, 1.82) is 0 Å². The van der Waals surface area contributed by atoms with Crippen molar-refractivity contribution in [3.05, 3.63) is 58.1 Å². The Labute approximate surface area is 231 Å². The number of hydrogen-bond acceptors (Lipinski definition) is 7. The second-order valence-corrected chi connectivity index (χ2v) is 11.7. The number of rotatable bonds is 5. The zero-order chi connectivity index (χ0) is 23.9. The molecule has 35 heavy (non-hydrogen) atoms. The van der Waals surface area contributed by atoms with Crippen molar-refractivity contribution in [3.8, 4) is 17.0 Å². The number of ether oxygens (including phenoxy) is 1. The molecule has 3 heterocycles. The third-order valence-corrected chi connectivity index (χ3v) is 9.34. The summed E-state index contributed by atoms with van der Waals surface area (Å²) < 4.78 is 33.6. The van der Waals surface area contributed by atoms with Crippen LogP contribution < -0.4 is 14.8 Å². The quantitative estimate of drug-likeness (QED) is 0.500. The first kappa shape index (κ1) is 26.1. The number of sulfonamides is 1. The monoisotopic (exact) mass is 522 g/mol. The summed E-state index contributed by atoms with van der Waals surface area (Å²) in [6.45, 7) is 1.60. The van der Waals surface area contributed by atoms with E-state index in [1.54, 1.807) is 25.4 Å². The maximum atomic E-state index is 13.0. The van der Waals surface area contributed by atoms with E-state index in [-0.39, 0.29) is 33.8 Å². The number of fused-ring (bicyclic) bond motifs is 2. The second-order valence-electron chi connectivity index (χ2n) is 8.63. The van der Waals surface area contributed by atoms with Crippen molar-refractivity contribution in [2.24, 2.45) is 0 Å². The van der Waals surface area contributed by atoms with Crippen LogP contribution in [0, 0.1) is 0 Å². The van der Waals surface area contributed by atoms with Crippen molar-refractivity contribution in [1.82, 2.24) is 14.6 Å². The molecule has 2 aromatic heterocycles. The standard InChI is InChI=1S/C24H26N4O4S2.Na.H/c1-28-11-9-20-17(14-28)13-22(33-20)34(30,31)27-24(29)26-23-18-5-3-4-15(18)6-7-19(23)16-8-10-25-21(12-16)32-2;;/h6-8,10,12-13H,3-5,9,11,14H2,1-2H3,(H2,26,27,29);;. The number of carbonyl (C=O) groups is 1. The number of aryl methyl sites for hydroxylation is 1. The van der Waals surface area contributed by atoms with Gasteiger partial charge in [-0.15, -0.1) is 11.3 Å². The molecular formula is C24H27N4NaO4S2. The number of amides is 2. The molecule has 0 bridgehead atoms. The van der Waals surface area contributed by atoms with Crippen LogP contribution in [0.1, 0.15) is 28.0 Å². The Morgan fingerprint density at radius 1 is 1.14 bits per heavy atom. The van der Waals surface area contributed by atoms with Crippen LogP contribution in [0.25, 0.3) is 11.1 Å². The third-order valence-electron chi connectivity index (χ3n) is 6.30. The minimum atomic E-state index is -3.99. The van der Waals surface area contributed by atoms with Crippen molar-refractivity contribution >= 4 is 62.6 Å². The average molecular weight is 523 g/mol. The summed E-state index contributed by atoms with van der Waals surface area (Å²) in [5.74, 6) is 0.461. The molecule has 1 aliphatic heterocycles. The molecule has 2 aliphatic rings. The Morgan fingerprint density at radius 3 is 2.77 bits per heavy atom. The summed E-state index contributed by atoms with van der Waals surface area (Å²) in [6.07, 6.45) is 5.19. The Hall–Kier alpha value is -1.95. The summed E-state index contributed by atoms with van der Waals surface area (Å²) >= 11 is 1.24. The van der Waals surface area contributed by atoms with Crippen molar-refractivity contribution in [2.75, 3.05) is 26.0 Å². The van der Waals surface area contributed by atoms with Gasteiger partial charge in [0.15, 0.2) is 0 Å². The van der Waals surface area contributed by atoms with Crippen LogP contribution in [0.3, 0.4) is 0 Å². The number of pyridine rings is 1. The molecule has 11 heteroatoms. The first-order chi connectivity index (χ1) is 16.3. The number of nitrogens with zero attached hydrogens (tertiary/aromatic N) is 2. The SMILES string of the molecule is COc1cc(-c2ccc3c(c2NC(=O)NS(=O)(=O)c2cc4c(s2)CCN(C)C4)CCC3)ccn1.[NaH]. The predicted molar refractivity (Wildman–Crippen MR) is 139 cm³/mol. The predicted octanol–water partition coefficient (Wildman–Crippen LogP) is 3.16. The van der Waals surface area contributed by atoms with Gasteiger partial charge in [0, 0.05) is 35.8 Å². The molecular weight excluding hydrogens is 495 g/mol. The van der Waals surface area contributed by atoms with E-state index in [4.69, 9.17) is 4.74 Å². The normalized spacial score (nSPS) is 15.0. The fourth-order valence-corrected chi connectivity index (χ4v) is 7.08. The molecule has 2 amide bonds. The zero-order valence-corrected chi connectivity index (χ0v) is 20.7. The molecule has 0 unspecified atom stereocenters. The summed E-state index contributed by atoms with van der Waals surface area (Å²) in [7, 11) is -0.428. The Morgan fingerprint density at radius 2 is 1.97 bits per heavy atom. The Balaban J connectivity index is 0.00000289. The zero-order valence-electron chi connectivity index (χ0n) is 19.1. The molecule has 0 atom stereocenters. The number of aromatic nitrogens is 1. The van der Waals surface area contributed by atoms with Gasteiger partial charge < -0.3 is 15.0 Å². The molecule has 8 nitrogen and oxygen atoms in total. The van der Waals surface area contributed by atoms with Crippen LogP contribution >= 0.6 is 11.3 Å². The van der Waals surface area contributed by atoms with E-state index in [2.05, 4.69) is 26.0 Å². The molecule has 2 N–H and O–H groups in total. The minimum absolute atomic E-state index is 0. The first-order valence-corrected chi connectivity index (χ1v) is 13.4. The third kappa shape index (κ3) is 5.42. The van der Waals surface area contributed by atoms with Crippen molar-refractivity contribution in [3.63, 3.8) is 0 Å². The average Bonchev–Trinajstić information content (AvgIpc) is 3.46. The van der Waals surface area contributed by atoms with Gasteiger partial charge in [-0.25, -0.2) is 22.9 Å². The van der Waals surface area contributed by atoms with Gasteiger partial charge >= 0.3 is 35.6 Å². The molecule has 0 radical (unpaired) electrons. The summed E-state index contributed by atoms with van der Waals surface area (Å²) in [5, 5.41) is 2.85. The van der Waals surface area contributed by atoms with E-state index in [0.717, 1.165) is 64.9 Å². The van der Waals surface area contributed by atoms with E-state index in [1.165, 1.54) is 11.3 Å². The topological polar surface area (TPSA) is 101 Å². The van der Waals surface area contributed by atoms with Crippen LogP contribution in [-0.4, -0.2) is 74.6 Å². The molecule has 3 aromatic rings. The van der Waals surface area contributed by atoms with Crippen LogP contribution in [0.4, 0.5) is 10.5 Å². The van der Waals surface area contributed by atoms with E-state index in [0.29, 0.717) is 18.1 Å². The molecule has 1 aromatic carbocycles. The molecule has 5 rings (SSSR count). The van der Waals surface area contributed by atoms with Gasteiger partial charge in [0.1, 0.15) is 4.21 Å². The van der Waals surface area contributed by atoms with Gasteiger partial charge in [0.2, 0.25) is 5.88 Å². The van der Waals surface area contributed by atoms with E-state index in [1.807, 2.05) is 19.2 Å². The Kier molecular flexibility index (Phi) is 7.89. The molecule has 0 spiro atoms. The Bertz CT molecular complexity index is 1370. The molecule has 0 saturated carbocycles. The maximum absolute atomic E-state index is 13.0. The molecule has 0 fully saturated rings. The number of nitrogens with one attached hydrogen (secondary N) is 2. The fraction of sp³-hybridized carbons (Fsp3) is 0.333. The molecule has 1 aliphatic carbocycles. The van der Waals surface area contributed by atoms with Gasteiger partial charge in [-0.05, 0) is 67.1 Å². The molecule has 180 valence electrons. The van der Waals surface area contributed by atoms with Crippen LogP contribution in [-0.2, 0) is 35.8 Å².